The molecule has 0 aliphatic carbocycles. The smallest absolute Gasteiger partial charge is 0.154 e. The summed E-state index contributed by atoms with van der Waals surface area (Å²) in [7, 11) is -3.24. The van der Waals surface area contributed by atoms with E-state index in [9.17, 15) is 8.42 Å². The van der Waals surface area contributed by atoms with Crippen molar-refractivity contribution in [3.05, 3.63) is 33.3 Å². The third-order valence-corrected chi connectivity index (χ3v) is 4.91. The molecule has 0 spiro atoms. The number of rotatable bonds is 5. The van der Waals surface area contributed by atoms with Crippen molar-refractivity contribution in [2.24, 2.45) is 5.92 Å². The third kappa shape index (κ3) is 4.95. The van der Waals surface area contributed by atoms with E-state index in [0.717, 1.165) is 4.47 Å². The molecule has 0 heterocycles. The van der Waals surface area contributed by atoms with Gasteiger partial charge in [0.1, 0.15) is 0 Å². The number of benzene rings is 1. The molecule has 0 aliphatic heterocycles. The molecular weight excluding hydrogens is 328 g/mol. The van der Waals surface area contributed by atoms with Gasteiger partial charge in [-0.05, 0) is 23.6 Å². The van der Waals surface area contributed by atoms with Gasteiger partial charge in [-0.25, -0.2) is 8.42 Å². The molecule has 1 aromatic carbocycles. The number of aliphatic hydroxyl groups is 1. The fraction of sp³-hybridized carbons (Fsp3) is 0.455. The van der Waals surface area contributed by atoms with Crippen LogP contribution in [0.25, 0.3) is 0 Å². The average Bonchev–Trinajstić information content (AvgIpc) is 2.21. The first kappa shape index (κ1) is 15.0. The van der Waals surface area contributed by atoms with Gasteiger partial charge in [-0.2, -0.15) is 0 Å². The van der Waals surface area contributed by atoms with E-state index >= 15 is 0 Å². The Labute approximate surface area is 115 Å². The van der Waals surface area contributed by atoms with Gasteiger partial charge in [0, 0.05) is 16.1 Å². The highest BCUT2D eigenvalue weighted by Gasteiger charge is 2.17. The van der Waals surface area contributed by atoms with Gasteiger partial charge in [-0.1, -0.05) is 40.5 Å². The lowest BCUT2D eigenvalue weighted by molar-refractivity contribution is 0.249. The minimum absolute atomic E-state index is 0.0319. The molecule has 0 saturated heterocycles. The zero-order chi connectivity index (χ0) is 13.1. The number of halogens is 2. The standard InChI is InChI=1S/C11H14BrClO3S/c1-8(5-14)6-17(15,16)7-9-2-3-10(12)4-11(9)13/h2-4,8,14H,5-7H2,1H3. The van der Waals surface area contributed by atoms with Crippen molar-refractivity contribution in [2.45, 2.75) is 12.7 Å². The molecule has 3 nitrogen and oxygen atoms in total. The van der Waals surface area contributed by atoms with Gasteiger partial charge in [-0.15, -0.1) is 0 Å². The number of hydrogen-bond acceptors (Lipinski definition) is 3. The van der Waals surface area contributed by atoms with Gasteiger partial charge in [0.25, 0.3) is 0 Å². The highest BCUT2D eigenvalue weighted by molar-refractivity contribution is 9.10. The molecule has 6 heteroatoms. The Hall–Kier alpha value is -0.100. The number of hydrogen-bond donors (Lipinski definition) is 1. The van der Waals surface area contributed by atoms with Crippen molar-refractivity contribution >= 4 is 37.4 Å². The minimum atomic E-state index is -3.24. The van der Waals surface area contributed by atoms with Crippen LogP contribution in [-0.2, 0) is 15.6 Å². The van der Waals surface area contributed by atoms with E-state index in [0.29, 0.717) is 10.6 Å². The second-order valence-corrected chi connectivity index (χ2v) is 7.51. The average molecular weight is 342 g/mol. The van der Waals surface area contributed by atoms with Crippen LogP contribution in [0.4, 0.5) is 0 Å². The van der Waals surface area contributed by atoms with Crippen LogP contribution in [0.1, 0.15) is 12.5 Å². The SMILES string of the molecule is CC(CO)CS(=O)(=O)Cc1ccc(Br)cc1Cl. The molecular formula is C11H14BrClO3S. The lowest BCUT2D eigenvalue weighted by atomic mass is 10.2. The van der Waals surface area contributed by atoms with Crippen molar-refractivity contribution in [3.63, 3.8) is 0 Å². The first-order valence-corrected chi connectivity index (χ1v) is 8.08. The van der Waals surface area contributed by atoms with E-state index < -0.39 is 9.84 Å². The molecule has 0 saturated carbocycles. The fourth-order valence-corrected chi connectivity index (χ4v) is 4.06. The largest absolute Gasteiger partial charge is 0.396 e. The van der Waals surface area contributed by atoms with Crippen LogP contribution in [0.2, 0.25) is 5.02 Å². The summed E-state index contributed by atoms with van der Waals surface area (Å²) < 4.78 is 24.5. The quantitative estimate of drug-likeness (QED) is 0.896. The molecule has 1 rings (SSSR count). The molecule has 0 radical (unpaired) electrons. The van der Waals surface area contributed by atoms with E-state index in [-0.39, 0.29) is 24.0 Å². The molecule has 0 bridgehead atoms. The van der Waals surface area contributed by atoms with E-state index in [2.05, 4.69) is 15.9 Å². The van der Waals surface area contributed by atoms with Gasteiger partial charge in [-0.3, -0.25) is 0 Å². The highest BCUT2D eigenvalue weighted by atomic mass is 79.9. The predicted molar refractivity (Wildman–Crippen MR) is 72.9 cm³/mol. The second-order valence-electron chi connectivity index (χ2n) is 4.08. The van der Waals surface area contributed by atoms with Gasteiger partial charge in [0.15, 0.2) is 9.84 Å². The minimum Gasteiger partial charge on any atom is -0.396 e. The predicted octanol–water partition coefficient (Wildman–Crippen LogP) is 2.65. The monoisotopic (exact) mass is 340 g/mol. The summed E-state index contributed by atoms with van der Waals surface area (Å²) in [6.45, 7) is 1.56. The van der Waals surface area contributed by atoms with Crippen LogP contribution in [0, 0.1) is 5.92 Å². The Kier molecular flexibility index (Phi) is 5.44. The maximum Gasteiger partial charge on any atom is 0.154 e. The normalized spacial score (nSPS) is 13.6. The van der Waals surface area contributed by atoms with E-state index in [1.165, 1.54) is 0 Å². The molecule has 1 unspecified atom stereocenters. The van der Waals surface area contributed by atoms with Crippen LogP contribution >= 0.6 is 27.5 Å². The Morgan fingerprint density at radius 3 is 2.65 bits per heavy atom. The van der Waals surface area contributed by atoms with Crippen LogP contribution in [0.5, 0.6) is 0 Å². The summed E-state index contributed by atoms with van der Waals surface area (Å²) in [5, 5.41) is 9.29. The summed E-state index contributed by atoms with van der Waals surface area (Å²) in [6.07, 6.45) is 0. The van der Waals surface area contributed by atoms with Crippen molar-refractivity contribution in [1.29, 1.82) is 0 Å². The molecule has 17 heavy (non-hydrogen) atoms. The first-order chi connectivity index (χ1) is 7.84. The zero-order valence-electron chi connectivity index (χ0n) is 9.36. The number of sulfone groups is 1. The summed E-state index contributed by atoms with van der Waals surface area (Å²) in [5.41, 5.74) is 0.583. The van der Waals surface area contributed by atoms with Crippen LogP contribution in [0.15, 0.2) is 22.7 Å². The van der Waals surface area contributed by atoms with Crippen LogP contribution in [0.3, 0.4) is 0 Å². The maximum atomic E-state index is 11.8. The van der Waals surface area contributed by atoms with Crippen molar-refractivity contribution in [2.75, 3.05) is 12.4 Å². The first-order valence-electron chi connectivity index (χ1n) is 5.09. The molecule has 96 valence electrons. The molecule has 0 fully saturated rings. The van der Waals surface area contributed by atoms with Crippen LogP contribution in [-0.4, -0.2) is 25.9 Å². The third-order valence-electron chi connectivity index (χ3n) is 2.24. The van der Waals surface area contributed by atoms with Gasteiger partial charge in [0.2, 0.25) is 0 Å². The highest BCUT2D eigenvalue weighted by Crippen LogP contribution is 2.23. The lowest BCUT2D eigenvalue weighted by Crippen LogP contribution is -2.18. The van der Waals surface area contributed by atoms with Gasteiger partial charge in [0.05, 0.1) is 11.5 Å². The number of aliphatic hydroxyl groups excluding tert-OH is 1. The fourth-order valence-electron chi connectivity index (χ4n) is 1.42. The molecule has 0 aliphatic rings. The van der Waals surface area contributed by atoms with Gasteiger partial charge >= 0.3 is 0 Å². The van der Waals surface area contributed by atoms with E-state index in [4.69, 9.17) is 16.7 Å². The van der Waals surface area contributed by atoms with Crippen molar-refractivity contribution in [3.8, 4) is 0 Å². The summed E-state index contributed by atoms with van der Waals surface area (Å²) in [6, 6.07) is 5.11. The topological polar surface area (TPSA) is 54.4 Å². The molecule has 1 N–H and O–H groups in total. The van der Waals surface area contributed by atoms with E-state index in [1.807, 2.05) is 0 Å². The Morgan fingerprint density at radius 2 is 2.12 bits per heavy atom. The summed E-state index contributed by atoms with van der Waals surface area (Å²) >= 11 is 9.22. The second kappa shape index (κ2) is 6.18. The molecule has 1 aromatic rings. The Morgan fingerprint density at radius 1 is 1.47 bits per heavy atom. The maximum absolute atomic E-state index is 11.8. The van der Waals surface area contributed by atoms with Crippen molar-refractivity contribution < 1.29 is 13.5 Å². The Balaban J connectivity index is 2.83. The molecule has 1 atom stereocenters. The van der Waals surface area contributed by atoms with Crippen molar-refractivity contribution in [1.82, 2.24) is 0 Å². The molecule has 0 aromatic heterocycles. The molecule has 0 amide bonds. The van der Waals surface area contributed by atoms with Crippen LogP contribution < -0.4 is 0 Å². The zero-order valence-corrected chi connectivity index (χ0v) is 12.5. The summed E-state index contributed by atoms with van der Waals surface area (Å²) in [5.74, 6) is -0.381. The van der Waals surface area contributed by atoms with E-state index in [1.54, 1.807) is 25.1 Å². The van der Waals surface area contributed by atoms with Gasteiger partial charge < -0.3 is 5.11 Å². The Bertz CT molecular complexity index is 487. The summed E-state index contributed by atoms with van der Waals surface area (Å²) in [4.78, 5) is 0. The lowest BCUT2D eigenvalue weighted by Gasteiger charge is -2.10.